The summed E-state index contributed by atoms with van der Waals surface area (Å²) in [6.45, 7) is 3.19. The minimum atomic E-state index is -0.549. The van der Waals surface area contributed by atoms with Crippen LogP contribution < -0.4 is 5.32 Å². The van der Waals surface area contributed by atoms with Crippen LogP contribution in [0.1, 0.15) is 43.2 Å². The van der Waals surface area contributed by atoms with Crippen molar-refractivity contribution in [2.75, 3.05) is 6.54 Å². The smallest absolute Gasteiger partial charge is 0.270 e. The predicted molar refractivity (Wildman–Crippen MR) is 128 cm³/mol. The van der Waals surface area contributed by atoms with E-state index in [9.17, 15) is 14.0 Å². The number of fused-ring (bicyclic) bond motifs is 2. The first-order valence-corrected chi connectivity index (χ1v) is 11.3. The lowest BCUT2D eigenvalue weighted by Gasteiger charge is -2.30. The molecule has 3 heterocycles. The number of hydrogen-bond donors (Lipinski definition) is 1. The van der Waals surface area contributed by atoms with E-state index in [2.05, 4.69) is 10.3 Å². The number of pyridine rings is 1. The summed E-state index contributed by atoms with van der Waals surface area (Å²) in [5.41, 5.74) is 5.52. The van der Waals surface area contributed by atoms with Gasteiger partial charge in [-0.2, -0.15) is 0 Å². The fraction of sp³-hybridized carbons (Fsp3) is 0.222. The van der Waals surface area contributed by atoms with Crippen molar-refractivity contribution in [3.63, 3.8) is 0 Å². The first-order chi connectivity index (χ1) is 16.4. The van der Waals surface area contributed by atoms with Gasteiger partial charge in [0, 0.05) is 49.5 Å². The molecule has 6 nitrogen and oxygen atoms in total. The topological polar surface area (TPSA) is 67.2 Å². The standard InChI is InChI=1S/C27H25FN4O2/c1-17-22(15-30-26(33)21-8-4-5-9-23(21)28)20-11-12-32(16-19(20)14-29-17)27(34)25-13-18-7-3-6-10-24(18)31(25)2/h3-10,13-14H,11-12,15-16H2,1-2H3,(H,30,33). The third kappa shape index (κ3) is 3.83. The average Bonchev–Trinajstić information content (AvgIpc) is 3.19. The van der Waals surface area contributed by atoms with Gasteiger partial charge in [-0.15, -0.1) is 0 Å². The molecule has 0 unspecified atom stereocenters. The Bertz CT molecular complexity index is 1430. The Hall–Kier alpha value is -4.00. The van der Waals surface area contributed by atoms with Crippen LogP contribution in [0.5, 0.6) is 0 Å². The van der Waals surface area contributed by atoms with Crippen LogP contribution in [-0.2, 0) is 26.6 Å². The highest BCUT2D eigenvalue weighted by Crippen LogP contribution is 2.26. The Morgan fingerprint density at radius 2 is 1.88 bits per heavy atom. The fourth-order valence-corrected chi connectivity index (χ4v) is 4.70. The quantitative estimate of drug-likeness (QED) is 0.502. The molecule has 0 spiro atoms. The van der Waals surface area contributed by atoms with E-state index < -0.39 is 11.7 Å². The van der Waals surface area contributed by atoms with E-state index in [1.165, 1.54) is 12.1 Å². The highest BCUT2D eigenvalue weighted by molar-refractivity contribution is 5.99. The molecule has 0 aliphatic carbocycles. The van der Waals surface area contributed by atoms with Gasteiger partial charge in [0.15, 0.2) is 0 Å². The van der Waals surface area contributed by atoms with Crippen molar-refractivity contribution >= 4 is 22.7 Å². The molecule has 7 heteroatoms. The van der Waals surface area contributed by atoms with Gasteiger partial charge in [0.2, 0.25) is 0 Å². The van der Waals surface area contributed by atoms with Crippen LogP contribution in [0.4, 0.5) is 4.39 Å². The number of carbonyl (C=O) groups is 2. The van der Waals surface area contributed by atoms with E-state index in [-0.39, 0.29) is 18.0 Å². The van der Waals surface area contributed by atoms with Crippen molar-refractivity contribution in [3.05, 3.63) is 100 Å². The minimum Gasteiger partial charge on any atom is -0.348 e. The Morgan fingerprint density at radius 3 is 2.68 bits per heavy atom. The second kappa shape index (κ2) is 8.74. The lowest BCUT2D eigenvalue weighted by Crippen LogP contribution is -2.38. The Kier molecular flexibility index (Phi) is 5.61. The highest BCUT2D eigenvalue weighted by atomic mass is 19.1. The number of aromatic nitrogens is 2. The van der Waals surface area contributed by atoms with E-state index in [0.717, 1.165) is 33.3 Å². The first kappa shape index (κ1) is 21.8. The Balaban J connectivity index is 1.36. The maximum absolute atomic E-state index is 14.0. The number of para-hydroxylation sites is 1. The molecule has 1 aliphatic rings. The molecule has 5 rings (SSSR count). The van der Waals surface area contributed by atoms with Gasteiger partial charge < -0.3 is 14.8 Å². The van der Waals surface area contributed by atoms with Crippen molar-refractivity contribution in [3.8, 4) is 0 Å². The molecule has 2 amide bonds. The molecule has 0 saturated heterocycles. The number of halogens is 1. The molecular formula is C27H25FN4O2. The maximum Gasteiger partial charge on any atom is 0.270 e. The molecule has 34 heavy (non-hydrogen) atoms. The molecule has 1 aliphatic heterocycles. The number of amides is 2. The maximum atomic E-state index is 14.0. The van der Waals surface area contributed by atoms with Gasteiger partial charge in [-0.3, -0.25) is 14.6 Å². The van der Waals surface area contributed by atoms with Crippen molar-refractivity contribution in [1.82, 2.24) is 19.8 Å². The summed E-state index contributed by atoms with van der Waals surface area (Å²) in [5.74, 6) is -1.02. The number of aryl methyl sites for hydroxylation is 2. The zero-order valence-electron chi connectivity index (χ0n) is 19.1. The second-order valence-corrected chi connectivity index (χ2v) is 8.61. The van der Waals surface area contributed by atoms with Gasteiger partial charge in [-0.1, -0.05) is 30.3 Å². The monoisotopic (exact) mass is 456 g/mol. The molecule has 172 valence electrons. The largest absolute Gasteiger partial charge is 0.348 e. The number of carbonyl (C=O) groups excluding carboxylic acids is 2. The van der Waals surface area contributed by atoms with Crippen LogP contribution in [0.25, 0.3) is 10.9 Å². The lowest BCUT2D eigenvalue weighted by molar-refractivity contribution is 0.0725. The van der Waals surface area contributed by atoms with Gasteiger partial charge >= 0.3 is 0 Å². The summed E-state index contributed by atoms with van der Waals surface area (Å²) in [6.07, 6.45) is 2.48. The van der Waals surface area contributed by atoms with Crippen LogP contribution >= 0.6 is 0 Å². The SMILES string of the molecule is Cc1ncc2c(c1CNC(=O)c1ccccc1F)CCN(C(=O)c1cc3ccccc3n1C)C2. The predicted octanol–water partition coefficient (Wildman–Crippen LogP) is 4.15. The van der Waals surface area contributed by atoms with Crippen LogP contribution in [0.2, 0.25) is 0 Å². The van der Waals surface area contributed by atoms with Crippen LogP contribution in [0.15, 0.2) is 60.8 Å². The number of rotatable bonds is 4. The molecular weight excluding hydrogens is 431 g/mol. The summed E-state index contributed by atoms with van der Waals surface area (Å²) in [6, 6.07) is 15.8. The molecule has 2 aromatic carbocycles. The molecule has 2 aromatic heterocycles. The van der Waals surface area contributed by atoms with E-state index in [0.29, 0.717) is 25.2 Å². The first-order valence-electron chi connectivity index (χ1n) is 11.3. The summed E-state index contributed by atoms with van der Waals surface area (Å²) >= 11 is 0. The fourth-order valence-electron chi connectivity index (χ4n) is 4.70. The van der Waals surface area contributed by atoms with Crippen LogP contribution in [0.3, 0.4) is 0 Å². The zero-order chi connectivity index (χ0) is 23.8. The van der Waals surface area contributed by atoms with Gasteiger partial charge in [0.25, 0.3) is 11.8 Å². The van der Waals surface area contributed by atoms with Crippen LogP contribution in [-0.4, -0.2) is 32.8 Å². The number of benzene rings is 2. The van der Waals surface area contributed by atoms with Crippen molar-refractivity contribution in [1.29, 1.82) is 0 Å². The van der Waals surface area contributed by atoms with Crippen LogP contribution in [0, 0.1) is 12.7 Å². The third-order valence-electron chi connectivity index (χ3n) is 6.60. The van der Waals surface area contributed by atoms with Gasteiger partial charge in [0.1, 0.15) is 11.5 Å². The highest BCUT2D eigenvalue weighted by Gasteiger charge is 2.26. The van der Waals surface area contributed by atoms with E-state index in [1.807, 2.05) is 60.0 Å². The Labute approximate surface area is 197 Å². The number of nitrogens with zero attached hydrogens (tertiary/aromatic N) is 3. The summed E-state index contributed by atoms with van der Waals surface area (Å²) < 4.78 is 15.9. The number of nitrogens with one attached hydrogen (secondary N) is 1. The zero-order valence-corrected chi connectivity index (χ0v) is 19.1. The van der Waals surface area contributed by atoms with Gasteiger partial charge in [-0.05, 0) is 54.3 Å². The van der Waals surface area contributed by atoms with Crippen molar-refractivity contribution in [2.24, 2.45) is 7.05 Å². The lowest BCUT2D eigenvalue weighted by atomic mass is 9.94. The average molecular weight is 457 g/mol. The molecule has 0 radical (unpaired) electrons. The normalized spacial score (nSPS) is 13.1. The summed E-state index contributed by atoms with van der Waals surface area (Å²) in [7, 11) is 1.91. The van der Waals surface area contributed by atoms with Crippen molar-refractivity contribution in [2.45, 2.75) is 26.4 Å². The molecule has 0 fully saturated rings. The third-order valence-corrected chi connectivity index (χ3v) is 6.60. The van der Waals surface area contributed by atoms with Gasteiger partial charge in [-0.25, -0.2) is 4.39 Å². The second-order valence-electron chi connectivity index (χ2n) is 8.61. The summed E-state index contributed by atoms with van der Waals surface area (Å²) in [4.78, 5) is 32.2. The van der Waals surface area contributed by atoms with E-state index in [4.69, 9.17) is 0 Å². The summed E-state index contributed by atoms with van der Waals surface area (Å²) in [5, 5.41) is 3.86. The number of hydrogen-bond acceptors (Lipinski definition) is 3. The van der Waals surface area contributed by atoms with Gasteiger partial charge in [0.05, 0.1) is 5.56 Å². The van der Waals surface area contributed by atoms with Crippen molar-refractivity contribution < 1.29 is 14.0 Å². The molecule has 0 saturated carbocycles. The molecule has 1 N–H and O–H groups in total. The Morgan fingerprint density at radius 1 is 1.12 bits per heavy atom. The minimum absolute atomic E-state index is 0.0145. The van der Waals surface area contributed by atoms with E-state index in [1.54, 1.807) is 12.1 Å². The molecule has 0 bridgehead atoms. The molecule has 4 aromatic rings. The van der Waals surface area contributed by atoms with E-state index >= 15 is 0 Å². The molecule has 0 atom stereocenters.